The average molecular weight is 197 g/mol. The topological polar surface area (TPSA) is 64.5 Å². The summed E-state index contributed by atoms with van der Waals surface area (Å²) in [4.78, 5) is 2.30. The molecule has 1 unspecified atom stereocenters. The molecular weight excluding hydrogens is 182 g/mol. The molecule has 2 heterocycles. The quantitative estimate of drug-likeness (QED) is 0.739. The number of ether oxygens (including phenoxy) is 1. The van der Waals surface area contributed by atoms with Gasteiger partial charge in [-0.15, -0.1) is 0 Å². The van der Waals surface area contributed by atoms with Gasteiger partial charge in [-0.2, -0.15) is 0 Å². The van der Waals surface area contributed by atoms with Crippen molar-refractivity contribution in [3.05, 3.63) is 18.0 Å². The van der Waals surface area contributed by atoms with Crippen molar-refractivity contribution < 1.29 is 9.26 Å². The van der Waals surface area contributed by atoms with E-state index in [4.69, 9.17) is 15.0 Å². The molecule has 2 N–H and O–H groups in total. The second kappa shape index (κ2) is 4.54. The molecule has 1 saturated heterocycles. The van der Waals surface area contributed by atoms with Gasteiger partial charge in [0.15, 0.2) is 0 Å². The third-order valence-electron chi connectivity index (χ3n) is 2.55. The smallest absolute Gasteiger partial charge is 0.128 e. The summed E-state index contributed by atoms with van der Waals surface area (Å²) in [5.74, 6) is 0. The van der Waals surface area contributed by atoms with Crippen LogP contribution in [-0.4, -0.2) is 42.9 Å². The van der Waals surface area contributed by atoms with E-state index in [1.165, 1.54) is 0 Å². The molecule has 78 valence electrons. The van der Waals surface area contributed by atoms with Gasteiger partial charge in [0.05, 0.1) is 25.5 Å². The third kappa shape index (κ3) is 1.95. The van der Waals surface area contributed by atoms with Crippen molar-refractivity contribution in [3.63, 3.8) is 0 Å². The standard InChI is InChI=1S/C9H15N3O2/c10-5-9(8-6-11-14-7-8)12-1-3-13-4-2-12/h6-7,9H,1-5,10H2. The van der Waals surface area contributed by atoms with E-state index in [-0.39, 0.29) is 6.04 Å². The first-order valence-corrected chi connectivity index (χ1v) is 4.83. The van der Waals surface area contributed by atoms with Crippen LogP contribution in [0.25, 0.3) is 0 Å². The Morgan fingerprint density at radius 2 is 2.29 bits per heavy atom. The van der Waals surface area contributed by atoms with Gasteiger partial charge in [-0.3, -0.25) is 4.90 Å². The van der Waals surface area contributed by atoms with Gasteiger partial charge < -0.3 is 15.0 Å². The summed E-state index contributed by atoms with van der Waals surface area (Å²) in [5, 5.41) is 3.70. The fourth-order valence-electron chi connectivity index (χ4n) is 1.76. The molecular formula is C9H15N3O2. The van der Waals surface area contributed by atoms with E-state index in [1.807, 2.05) is 0 Å². The van der Waals surface area contributed by atoms with Crippen LogP contribution >= 0.6 is 0 Å². The van der Waals surface area contributed by atoms with Gasteiger partial charge in [-0.25, -0.2) is 0 Å². The maximum Gasteiger partial charge on any atom is 0.128 e. The highest BCUT2D eigenvalue weighted by molar-refractivity contribution is 5.08. The Bertz CT molecular complexity index is 257. The summed E-state index contributed by atoms with van der Waals surface area (Å²) >= 11 is 0. The Labute approximate surface area is 82.8 Å². The minimum atomic E-state index is 0.213. The minimum absolute atomic E-state index is 0.213. The van der Waals surface area contributed by atoms with Crippen molar-refractivity contribution in [1.29, 1.82) is 0 Å². The van der Waals surface area contributed by atoms with Gasteiger partial charge in [-0.05, 0) is 0 Å². The molecule has 1 atom stereocenters. The number of hydrogen-bond donors (Lipinski definition) is 1. The highest BCUT2D eigenvalue weighted by atomic mass is 16.5. The van der Waals surface area contributed by atoms with Crippen LogP contribution < -0.4 is 5.73 Å². The van der Waals surface area contributed by atoms with E-state index in [0.717, 1.165) is 31.9 Å². The number of aromatic nitrogens is 1. The maximum absolute atomic E-state index is 5.74. The van der Waals surface area contributed by atoms with E-state index in [1.54, 1.807) is 12.5 Å². The van der Waals surface area contributed by atoms with E-state index in [2.05, 4.69) is 10.1 Å². The molecule has 0 radical (unpaired) electrons. The summed E-state index contributed by atoms with van der Waals surface area (Å²) in [6, 6.07) is 0.213. The lowest BCUT2D eigenvalue weighted by Gasteiger charge is -2.32. The molecule has 1 aromatic rings. The van der Waals surface area contributed by atoms with Crippen LogP contribution in [0.2, 0.25) is 0 Å². The summed E-state index contributed by atoms with van der Waals surface area (Å²) in [6.07, 6.45) is 3.39. The second-order valence-electron chi connectivity index (χ2n) is 3.36. The number of rotatable bonds is 3. The van der Waals surface area contributed by atoms with Gasteiger partial charge in [-0.1, -0.05) is 5.16 Å². The van der Waals surface area contributed by atoms with Crippen LogP contribution in [-0.2, 0) is 4.74 Å². The van der Waals surface area contributed by atoms with Gasteiger partial charge >= 0.3 is 0 Å². The number of nitrogens with two attached hydrogens (primary N) is 1. The number of nitrogens with zero attached hydrogens (tertiary/aromatic N) is 2. The molecule has 1 aliphatic heterocycles. The summed E-state index contributed by atoms with van der Waals surface area (Å²) < 4.78 is 10.1. The van der Waals surface area contributed by atoms with Crippen molar-refractivity contribution in [2.24, 2.45) is 5.73 Å². The van der Waals surface area contributed by atoms with E-state index in [0.29, 0.717) is 6.54 Å². The molecule has 0 bridgehead atoms. The van der Waals surface area contributed by atoms with Crippen LogP contribution in [0.4, 0.5) is 0 Å². The zero-order valence-electron chi connectivity index (χ0n) is 8.06. The monoisotopic (exact) mass is 197 g/mol. The van der Waals surface area contributed by atoms with Gasteiger partial charge in [0.2, 0.25) is 0 Å². The zero-order chi connectivity index (χ0) is 9.80. The van der Waals surface area contributed by atoms with Crippen LogP contribution in [0.15, 0.2) is 17.0 Å². The molecule has 5 nitrogen and oxygen atoms in total. The summed E-state index contributed by atoms with van der Waals surface area (Å²) in [7, 11) is 0. The SMILES string of the molecule is NCC(c1cnoc1)N1CCOCC1. The Morgan fingerprint density at radius 1 is 1.50 bits per heavy atom. The van der Waals surface area contributed by atoms with Crippen molar-refractivity contribution in [2.45, 2.75) is 6.04 Å². The fourth-order valence-corrected chi connectivity index (χ4v) is 1.76. The largest absolute Gasteiger partial charge is 0.379 e. The van der Waals surface area contributed by atoms with Gasteiger partial charge in [0, 0.05) is 25.2 Å². The van der Waals surface area contributed by atoms with E-state index < -0.39 is 0 Å². The van der Waals surface area contributed by atoms with Crippen molar-refractivity contribution >= 4 is 0 Å². The van der Waals surface area contributed by atoms with Crippen LogP contribution in [0.5, 0.6) is 0 Å². The van der Waals surface area contributed by atoms with Gasteiger partial charge in [0.1, 0.15) is 6.26 Å². The Kier molecular flexibility index (Phi) is 3.13. The molecule has 0 spiro atoms. The second-order valence-corrected chi connectivity index (χ2v) is 3.36. The summed E-state index contributed by atoms with van der Waals surface area (Å²) in [5.41, 5.74) is 6.79. The molecule has 1 aromatic heterocycles. The maximum atomic E-state index is 5.74. The average Bonchev–Trinajstić information content (AvgIpc) is 2.74. The lowest BCUT2D eigenvalue weighted by Crippen LogP contribution is -2.41. The molecule has 1 fully saturated rings. The third-order valence-corrected chi connectivity index (χ3v) is 2.55. The fraction of sp³-hybridized carbons (Fsp3) is 0.667. The Balaban J connectivity index is 2.04. The lowest BCUT2D eigenvalue weighted by atomic mass is 10.1. The molecule has 0 saturated carbocycles. The molecule has 0 aliphatic carbocycles. The molecule has 14 heavy (non-hydrogen) atoms. The normalized spacial score (nSPS) is 20.9. The Morgan fingerprint density at radius 3 is 2.86 bits per heavy atom. The first-order valence-electron chi connectivity index (χ1n) is 4.83. The van der Waals surface area contributed by atoms with Crippen molar-refractivity contribution in [2.75, 3.05) is 32.8 Å². The van der Waals surface area contributed by atoms with Crippen LogP contribution in [0.1, 0.15) is 11.6 Å². The van der Waals surface area contributed by atoms with Crippen molar-refractivity contribution in [3.8, 4) is 0 Å². The lowest BCUT2D eigenvalue weighted by molar-refractivity contribution is 0.0178. The highest BCUT2D eigenvalue weighted by Crippen LogP contribution is 2.19. The zero-order valence-corrected chi connectivity index (χ0v) is 8.06. The van der Waals surface area contributed by atoms with Crippen LogP contribution in [0.3, 0.4) is 0 Å². The van der Waals surface area contributed by atoms with E-state index in [9.17, 15) is 0 Å². The molecule has 2 rings (SSSR count). The minimum Gasteiger partial charge on any atom is -0.379 e. The molecule has 0 amide bonds. The van der Waals surface area contributed by atoms with Gasteiger partial charge in [0.25, 0.3) is 0 Å². The number of morpholine rings is 1. The molecule has 5 heteroatoms. The Hall–Kier alpha value is -0.910. The van der Waals surface area contributed by atoms with Crippen LogP contribution in [0, 0.1) is 0 Å². The molecule has 0 aromatic carbocycles. The van der Waals surface area contributed by atoms with E-state index >= 15 is 0 Å². The molecule has 1 aliphatic rings. The predicted molar refractivity (Wildman–Crippen MR) is 50.7 cm³/mol. The summed E-state index contributed by atoms with van der Waals surface area (Å²) in [6.45, 7) is 3.99. The highest BCUT2D eigenvalue weighted by Gasteiger charge is 2.22. The first-order chi connectivity index (χ1) is 6.92. The predicted octanol–water partition coefficient (Wildman–Crippen LogP) is 0.00660. The van der Waals surface area contributed by atoms with Crippen molar-refractivity contribution in [1.82, 2.24) is 10.1 Å². The number of hydrogen-bond acceptors (Lipinski definition) is 5. The first kappa shape index (κ1) is 9.64.